The van der Waals surface area contributed by atoms with Crippen molar-refractivity contribution in [3.8, 4) is 11.1 Å². The third-order valence-electron chi connectivity index (χ3n) is 5.56. The summed E-state index contributed by atoms with van der Waals surface area (Å²) in [6.07, 6.45) is 4.01. The normalized spacial score (nSPS) is 15.8. The molecular formula is C21H23ClFN5O3S. The van der Waals surface area contributed by atoms with Gasteiger partial charge in [0.05, 0.1) is 12.8 Å². The second-order valence-electron chi connectivity index (χ2n) is 7.74. The molecule has 1 fully saturated rings. The fraction of sp³-hybridized carbons (Fsp3) is 0.381. The van der Waals surface area contributed by atoms with Gasteiger partial charge in [-0.3, -0.25) is 9.36 Å². The van der Waals surface area contributed by atoms with Gasteiger partial charge >= 0.3 is 0 Å². The molecule has 0 spiro atoms. The highest BCUT2D eigenvalue weighted by Gasteiger charge is 2.25. The number of fused-ring (bicyclic) bond motifs is 1. The number of hydrogen-bond donors (Lipinski definition) is 1. The first-order valence-corrected chi connectivity index (χ1v) is 12.4. The van der Waals surface area contributed by atoms with Gasteiger partial charge in [0, 0.05) is 46.9 Å². The molecule has 0 aliphatic carbocycles. The predicted octanol–water partition coefficient (Wildman–Crippen LogP) is 2.92. The van der Waals surface area contributed by atoms with Crippen molar-refractivity contribution in [3.05, 3.63) is 51.9 Å². The summed E-state index contributed by atoms with van der Waals surface area (Å²) in [5, 5.41) is 4.23. The van der Waals surface area contributed by atoms with E-state index in [-0.39, 0.29) is 18.1 Å². The third-order valence-corrected chi connectivity index (χ3v) is 7.19. The molecule has 11 heteroatoms. The highest BCUT2D eigenvalue weighted by Crippen LogP contribution is 2.27. The monoisotopic (exact) mass is 479 g/mol. The van der Waals surface area contributed by atoms with Gasteiger partial charge in [-0.25, -0.2) is 22.1 Å². The summed E-state index contributed by atoms with van der Waals surface area (Å²) < 4.78 is 39.4. The highest BCUT2D eigenvalue weighted by molar-refractivity contribution is 7.88. The Balaban J connectivity index is 1.67. The van der Waals surface area contributed by atoms with Crippen LogP contribution < -0.4 is 10.9 Å². The number of piperidine rings is 1. The van der Waals surface area contributed by atoms with Gasteiger partial charge < -0.3 is 5.32 Å². The van der Waals surface area contributed by atoms with E-state index in [1.54, 1.807) is 36.5 Å². The summed E-state index contributed by atoms with van der Waals surface area (Å²) >= 11 is 6.28. The van der Waals surface area contributed by atoms with Crippen molar-refractivity contribution in [2.45, 2.75) is 25.4 Å². The number of hydrogen-bond acceptors (Lipinski definition) is 6. The quantitative estimate of drug-likeness (QED) is 0.584. The molecule has 1 aliphatic rings. The molecule has 170 valence electrons. The predicted molar refractivity (Wildman–Crippen MR) is 123 cm³/mol. The Labute approximate surface area is 190 Å². The molecule has 0 bridgehead atoms. The fourth-order valence-electron chi connectivity index (χ4n) is 3.91. The van der Waals surface area contributed by atoms with Crippen molar-refractivity contribution in [3.63, 3.8) is 0 Å². The smallest absolute Gasteiger partial charge is 0.260 e. The Kier molecular flexibility index (Phi) is 6.45. The van der Waals surface area contributed by atoms with Gasteiger partial charge in [-0.05, 0) is 25.0 Å². The van der Waals surface area contributed by atoms with E-state index in [0.717, 1.165) is 0 Å². The summed E-state index contributed by atoms with van der Waals surface area (Å²) in [5.41, 5.74) is 0.867. The van der Waals surface area contributed by atoms with Gasteiger partial charge in [-0.15, -0.1) is 0 Å². The minimum Gasteiger partial charge on any atom is -0.351 e. The van der Waals surface area contributed by atoms with Crippen LogP contribution in [0.25, 0.3) is 22.2 Å². The zero-order valence-electron chi connectivity index (χ0n) is 17.5. The molecule has 0 atom stereocenters. The third kappa shape index (κ3) is 4.62. The van der Waals surface area contributed by atoms with Crippen molar-refractivity contribution < 1.29 is 12.8 Å². The molecule has 0 radical (unpaired) electrons. The standard InChI is InChI=1S/C21H23ClFN5O3S/c1-32(30,31)27-9-6-15(7-10-27)25-21-24-13-14-12-17(16-4-2-3-5-18(16)22)20(29)28(11-8-23)19(14)26-21/h2-5,12-13,15H,6-11H2,1H3,(H,24,25,26). The lowest BCUT2D eigenvalue weighted by molar-refractivity contribution is 0.331. The average Bonchev–Trinajstić information content (AvgIpc) is 2.76. The molecule has 0 amide bonds. The Bertz CT molecular complexity index is 1310. The van der Waals surface area contributed by atoms with E-state index >= 15 is 0 Å². The molecule has 8 nitrogen and oxygen atoms in total. The van der Waals surface area contributed by atoms with Crippen LogP contribution in [0.2, 0.25) is 5.02 Å². The van der Waals surface area contributed by atoms with E-state index in [0.29, 0.717) is 59.1 Å². The van der Waals surface area contributed by atoms with Crippen LogP contribution in [0.15, 0.2) is 41.3 Å². The molecule has 0 saturated carbocycles. The highest BCUT2D eigenvalue weighted by atomic mass is 35.5. The lowest BCUT2D eigenvalue weighted by Crippen LogP contribution is -2.42. The number of nitrogens with zero attached hydrogens (tertiary/aromatic N) is 4. The molecule has 3 heterocycles. The number of aromatic nitrogens is 3. The fourth-order valence-corrected chi connectivity index (χ4v) is 5.02. The van der Waals surface area contributed by atoms with E-state index in [1.165, 1.54) is 15.1 Å². The SMILES string of the molecule is CS(=O)(=O)N1CCC(Nc2ncc3cc(-c4ccccc4Cl)c(=O)n(CCF)c3n2)CC1. The Morgan fingerprint density at radius 1 is 1.22 bits per heavy atom. The van der Waals surface area contributed by atoms with Crippen LogP contribution in [0, 0.1) is 0 Å². The number of sulfonamides is 1. The molecule has 0 unspecified atom stereocenters. The number of benzene rings is 1. The number of halogens is 2. The zero-order chi connectivity index (χ0) is 22.9. The lowest BCUT2D eigenvalue weighted by atomic mass is 10.1. The molecule has 2 aromatic heterocycles. The summed E-state index contributed by atoms with van der Waals surface area (Å²) in [4.78, 5) is 22.0. The van der Waals surface area contributed by atoms with E-state index in [4.69, 9.17) is 11.6 Å². The maximum atomic E-state index is 13.3. The Hall–Kier alpha value is -2.56. The molecule has 4 rings (SSSR count). The summed E-state index contributed by atoms with van der Waals surface area (Å²) in [6.45, 7) is -0.0375. The summed E-state index contributed by atoms with van der Waals surface area (Å²) in [6, 6.07) is 8.65. The maximum Gasteiger partial charge on any atom is 0.260 e. The average molecular weight is 480 g/mol. The first-order valence-electron chi connectivity index (χ1n) is 10.2. The number of pyridine rings is 1. The molecule has 1 aliphatic heterocycles. The molecule has 32 heavy (non-hydrogen) atoms. The van der Waals surface area contributed by atoms with E-state index in [9.17, 15) is 17.6 Å². The first kappa shape index (κ1) is 22.6. The number of alkyl halides is 1. The van der Waals surface area contributed by atoms with E-state index in [1.807, 2.05) is 0 Å². The van der Waals surface area contributed by atoms with E-state index in [2.05, 4.69) is 15.3 Å². The van der Waals surface area contributed by atoms with Crippen LogP contribution in [-0.4, -0.2) is 59.3 Å². The minimum absolute atomic E-state index is 0.00537. The van der Waals surface area contributed by atoms with Gasteiger partial charge in [0.2, 0.25) is 16.0 Å². The van der Waals surface area contributed by atoms with Crippen molar-refractivity contribution in [1.29, 1.82) is 0 Å². The Morgan fingerprint density at radius 3 is 2.59 bits per heavy atom. The first-order chi connectivity index (χ1) is 15.3. The second kappa shape index (κ2) is 9.13. The maximum absolute atomic E-state index is 13.3. The number of anilines is 1. The summed E-state index contributed by atoms with van der Waals surface area (Å²) in [5.74, 6) is 0.313. The summed E-state index contributed by atoms with van der Waals surface area (Å²) in [7, 11) is -3.21. The van der Waals surface area contributed by atoms with Crippen molar-refractivity contribution in [2.75, 3.05) is 31.3 Å². The number of rotatable bonds is 6. The van der Waals surface area contributed by atoms with Crippen LogP contribution in [0.1, 0.15) is 12.8 Å². The van der Waals surface area contributed by atoms with Crippen LogP contribution in [-0.2, 0) is 16.6 Å². The molecule has 1 saturated heterocycles. The van der Waals surface area contributed by atoms with Crippen LogP contribution in [0.4, 0.5) is 10.3 Å². The number of aryl methyl sites for hydroxylation is 1. The minimum atomic E-state index is -3.21. The van der Waals surface area contributed by atoms with Gasteiger partial charge in [0.1, 0.15) is 12.3 Å². The zero-order valence-corrected chi connectivity index (χ0v) is 19.0. The molecule has 1 aromatic carbocycles. The van der Waals surface area contributed by atoms with Crippen molar-refractivity contribution >= 4 is 38.6 Å². The number of nitrogens with one attached hydrogen (secondary N) is 1. The molecular weight excluding hydrogens is 457 g/mol. The lowest BCUT2D eigenvalue weighted by Gasteiger charge is -2.30. The van der Waals surface area contributed by atoms with Gasteiger partial charge in [-0.1, -0.05) is 29.8 Å². The van der Waals surface area contributed by atoms with Gasteiger partial charge in [0.25, 0.3) is 5.56 Å². The van der Waals surface area contributed by atoms with Gasteiger partial charge in [0.15, 0.2) is 0 Å². The van der Waals surface area contributed by atoms with Crippen molar-refractivity contribution in [2.24, 2.45) is 0 Å². The van der Waals surface area contributed by atoms with Crippen molar-refractivity contribution in [1.82, 2.24) is 18.8 Å². The van der Waals surface area contributed by atoms with Crippen LogP contribution in [0.3, 0.4) is 0 Å². The van der Waals surface area contributed by atoms with E-state index < -0.39 is 16.7 Å². The largest absolute Gasteiger partial charge is 0.351 e. The Morgan fingerprint density at radius 2 is 1.94 bits per heavy atom. The van der Waals surface area contributed by atoms with Crippen LogP contribution >= 0.6 is 11.6 Å². The second-order valence-corrected chi connectivity index (χ2v) is 10.1. The van der Waals surface area contributed by atoms with Crippen LogP contribution in [0.5, 0.6) is 0 Å². The molecule has 1 N–H and O–H groups in total. The topological polar surface area (TPSA) is 97.2 Å². The molecule has 3 aromatic rings. The van der Waals surface area contributed by atoms with Gasteiger partial charge in [-0.2, -0.15) is 4.98 Å².